The Morgan fingerprint density at radius 3 is 2.20 bits per heavy atom. The third-order valence-electron chi connectivity index (χ3n) is 6.96. The summed E-state index contributed by atoms with van der Waals surface area (Å²) in [5.41, 5.74) is 8.28. The fourth-order valence-electron chi connectivity index (χ4n) is 4.36. The van der Waals surface area contributed by atoms with Gasteiger partial charge in [0.05, 0.1) is 6.04 Å². The molecule has 7 N–H and O–H groups in total. The molecule has 0 bridgehead atoms. The summed E-state index contributed by atoms with van der Waals surface area (Å²) in [6.45, 7) is 3.66. The summed E-state index contributed by atoms with van der Waals surface area (Å²) in [6, 6.07) is 12.4. The predicted molar refractivity (Wildman–Crippen MR) is 157 cm³/mol. The highest BCUT2D eigenvalue weighted by atomic mass is 32.1. The minimum atomic E-state index is -1.19. The van der Waals surface area contributed by atoms with Crippen LogP contribution in [0.5, 0.6) is 0 Å². The fourth-order valence-corrected chi connectivity index (χ4v) is 4.52. The van der Waals surface area contributed by atoms with Crippen molar-refractivity contribution in [2.24, 2.45) is 11.7 Å². The topological polar surface area (TPSA) is 166 Å². The monoisotopic (exact) mass is 567 g/mol. The second-order valence-electron chi connectivity index (χ2n) is 9.87. The van der Waals surface area contributed by atoms with Crippen LogP contribution in [-0.4, -0.2) is 63.7 Å². The molecule has 0 saturated carbocycles. The number of benzene rings is 2. The van der Waals surface area contributed by atoms with Crippen molar-refractivity contribution >= 4 is 47.2 Å². The van der Waals surface area contributed by atoms with Gasteiger partial charge < -0.3 is 31.8 Å². The van der Waals surface area contributed by atoms with E-state index in [9.17, 15) is 24.3 Å². The largest absolute Gasteiger partial charge is 0.480 e. The highest BCUT2D eigenvalue weighted by Gasteiger charge is 2.33. The van der Waals surface area contributed by atoms with Gasteiger partial charge in [0.1, 0.15) is 18.1 Å². The van der Waals surface area contributed by atoms with Gasteiger partial charge in [-0.15, -0.1) is 0 Å². The molecule has 0 spiro atoms. The number of nitrogens with two attached hydrogens (primary N) is 1. The normalized spacial score (nSPS) is 14.9. The Morgan fingerprint density at radius 2 is 1.55 bits per heavy atom. The molecular weight excluding hydrogens is 530 g/mol. The third kappa shape index (κ3) is 8.09. The first-order valence-electron chi connectivity index (χ1n) is 13.2. The maximum atomic E-state index is 13.6. The van der Waals surface area contributed by atoms with Gasteiger partial charge in [0.2, 0.25) is 17.7 Å². The average Bonchev–Trinajstić information content (AvgIpc) is 3.37. The number of hydrogen-bond donors (Lipinski definition) is 7. The quantitative estimate of drug-likeness (QED) is 0.147. The SMILES string of the molecule is CCC(C)C(NC(=O)C(Cc1c[nH]c2ccccc12)NC(=O)C(N)CS)C(=O)NC(Cc1ccccc1)C(=O)O. The van der Waals surface area contributed by atoms with E-state index < -0.39 is 47.9 Å². The molecule has 5 atom stereocenters. The molecule has 5 unspecified atom stereocenters. The minimum absolute atomic E-state index is 0.0865. The summed E-state index contributed by atoms with van der Waals surface area (Å²) in [7, 11) is 0. The molecule has 0 saturated heterocycles. The number of aromatic amines is 1. The Kier molecular flexibility index (Phi) is 11.2. The van der Waals surface area contributed by atoms with Gasteiger partial charge in [0.15, 0.2) is 0 Å². The zero-order chi connectivity index (χ0) is 29.2. The van der Waals surface area contributed by atoms with E-state index >= 15 is 0 Å². The molecular formula is C29H37N5O5S. The standard InChI is InChI=1S/C29H37N5O5S/c1-3-17(2)25(28(37)33-24(29(38)39)13-18-9-5-4-6-10-18)34-27(36)23(32-26(35)21(30)16-40)14-19-15-31-22-12-8-7-11-20(19)22/h4-12,15,17,21,23-25,31,40H,3,13-14,16,30H2,1-2H3,(H,32,35)(H,33,37)(H,34,36)(H,38,39). The third-order valence-corrected chi connectivity index (χ3v) is 7.35. The van der Waals surface area contributed by atoms with Crippen molar-refractivity contribution in [2.45, 2.75) is 57.3 Å². The lowest BCUT2D eigenvalue weighted by Gasteiger charge is -2.28. The van der Waals surface area contributed by atoms with Gasteiger partial charge in [-0.25, -0.2) is 4.79 Å². The number of fused-ring (bicyclic) bond motifs is 1. The van der Waals surface area contributed by atoms with E-state index in [0.29, 0.717) is 6.42 Å². The molecule has 40 heavy (non-hydrogen) atoms. The van der Waals surface area contributed by atoms with Crippen LogP contribution >= 0.6 is 12.6 Å². The molecule has 2 aromatic carbocycles. The smallest absolute Gasteiger partial charge is 0.326 e. The molecule has 0 radical (unpaired) electrons. The van der Waals surface area contributed by atoms with E-state index in [4.69, 9.17) is 5.73 Å². The first kappa shape index (κ1) is 30.7. The number of nitrogens with one attached hydrogen (secondary N) is 4. The fraction of sp³-hybridized carbons (Fsp3) is 0.379. The number of carboxylic acids is 1. The van der Waals surface area contributed by atoms with E-state index in [2.05, 4.69) is 33.6 Å². The molecule has 0 aliphatic rings. The summed E-state index contributed by atoms with van der Waals surface area (Å²) in [5, 5.41) is 18.7. The summed E-state index contributed by atoms with van der Waals surface area (Å²) >= 11 is 4.08. The molecule has 3 aromatic rings. The van der Waals surface area contributed by atoms with Crippen LogP contribution in [0.1, 0.15) is 31.4 Å². The number of para-hydroxylation sites is 1. The molecule has 1 heterocycles. The highest BCUT2D eigenvalue weighted by molar-refractivity contribution is 7.80. The molecule has 1 aromatic heterocycles. The van der Waals surface area contributed by atoms with Gasteiger partial charge in [0.25, 0.3) is 0 Å². The lowest BCUT2D eigenvalue weighted by atomic mass is 9.96. The molecule has 0 fully saturated rings. The second-order valence-corrected chi connectivity index (χ2v) is 10.2. The van der Waals surface area contributed by atoms with Gasteiger partial charge in [-0.05, 0) is 23.1 Å². The summed E-state index contributed by atoms with van der Waals surface area (Å²) in [5.74, 6) is -3.16. The van der Waals surface area contributed by atoms with Crippen LogP contribution in [0.25, 0.3) is 10.9 Å². The van der Waals surface area contributed by atoms with E-state index in [1.165, 1.54) is 0 Å². The van der Waals surface area contributed by atoms with Gasteiger partial charge in [0, 0.05) is 35.7 Å². The van der Waals surface area contributed by atoms with Crippen LogP contribution in [0.15, 0.2) is 60.8 Å². The van der Waals surface area contributed by atoms with Crippen molar-refractivity contribution in [1.29, 1.82) is 0 Å². The molecule has 0 aliphatic carbocycles. The first-order chi connectivity index (χ1) is 19.1. The van der Waals surface area contributed by atoms with Crippen LogP contribution < -0.4 is 21.7 Å². The Hall–Kier alpha value is -3.83. The van der Waals surface area contributed by atoms with E-state index in [-0.39, 0.29) is 24.5 Å². The maximum Gasteiger partial charge on any atom is 0.326 e. The van der Waals surface area contributed by atoms with Crippen molar-refractivity contribution in [3.8, 4) is 0 Å². The number of carbonyl (C=O) groups excluding carboxylic acids is 3. The number of carbonyl (C=O) groups is 4. The average molecular weight is 568 g/mol. The number of H-pyrrole nitrogens is 1. The van der Waals surface area contributed by atoms with Crippen molar-refractivity contribution < 1.29 is 24.3 Å². The van der Waals surface area contributed by atoms with Crippen molar-refractivity contribution in [3.63, 3.8) is 0 Å². The van der Waals surface area contributed by atoms with Gasteiger partial charge >= 0.3 is 5.97 Å². The van der Waals surface area contributed by atoms with Crippen LogP contribution in [0.2, 0.25) is 0 Å². The highest BCUT2D eigenvalue weighted by Crippen LogP contribution is 2.20. The molecule has 214 valence electrons. The number of rotatable bonds is 14. The lowest BCUT2D eigenvalue weighted by molar-refractivity contribution is -0.142. The van der Waals surface area contributed by atoms with Crippen molar-refractivity contribution in [2.75, 3.05) is 5.75 Å². The number of aromatic nitrogens is 1. The maximum absolute atomic E-state index is 13.6. The number of aliphatic carboxylic acids is 1. The second kappa shape index (κ2) is 14.5. The molecule has 3 amide bonds. The van der Waals surface area contributed by atoms with Crippen LogP contribution in [-0.2, 0) is 32.0 Å². The summed E-state index contributed by atoms with van der Waals surface area (Å²) in [6.07, 6.45) is 2.54. The molecule has 3 rings (SSSR count). The predicted octanol–water partition coefficient (Wildman–Crippen LogP) is 1.80. The van der Waals surface area contributed by atoms with E-state index in [0.717, 1.165) is 22.0 Å². The molecule has 0 aliphatic heterocycles. The Morgan fingerprint density at radius 1 is 0.900 bits per heavy atom. The van der Waals surface area contributed by atoms with Gasteiger partial charge in [-0.2, -0.15) is 12.6 Å². The van der Waals surface area contributed by atoms with E-state index in [1.54, 1.807) is 37.4 Å². The lowest BCUT2D eigenvalue weighted by Crippen LogP contribution is -2.59. The molecule has 10 nitrogen and oxygen atoms in total. The zero-order valence-corrected chi connectivity index (χ0v) is 23.5. The Labute approximate surface area is 238 Å². The summed E-state index contributed by atoms with van der Waals surface area (Å²) in [4.78, 5) is 54.8. The number of amides is 3. The number of hydrogen-bond acceptors (Lipinski definition) is 6. The minimum Gasteiger partial charge on any atom is -0.480 e. The molecule has 11 heteroatoms. The van der Waals surface area contributed by atoms with Crippen LogP contribution in [0.4, 0.5) is 0 Å². The summed E-state index contributed by atoms with van der Waals surface area (Å²) < 4.78 is 0. The van der Waals surface area contributed by atoms with Gasteiger partial charge in [-0.3, -0.25) is 14.4 Å². The van der Waals surface area contributed by atoms with Gasteiger partial charge in [-0.1, -0.05) is 68.8 Å². The Balaban J connectivity index is 1.82. The van der Waals surface area contributed by atoms with Crippen molar-refractivity contribution in [1.82, 2.24) is 20.9 Å². The van der Waals surface area contributed by atoms with E-state index in [1.807, 2.05) is 37.3 Å². The van der Waals surface area contributed by atoms with Crippen molar-refractivity contribution in [3.05, 3.63) is 71.9 Å². The zero-order valence-electron chi connectivity index (χ0n) is 22.6. The van der Waals surface area contributed by atoms with Crippen LogP contribution in [0.3, 0.4) is 0 Å². The first-order valence-corrected chi connectivity index (χ1v) is 13.9. The van der Waals surface area contributed by atoms with Crippen LogP contribution in [0, 0.1) is 5.92 Å². The number of carboxylic acid groups (broad SMARTS) is 1. The Bertz CT molecular complexity index is 1310. The number of thiol groups is 1.